The summed E-state index contributed by atoms with van der Waals surface area (Å²) in [4.78, 5) is 25.0. The van der Waals surface area contributed by atoms with Gasteiger partial charge in [-0.25, -0.2) is 4.79 Å². The summed E-state index contributed by atoms with van der Waals surface area (Å²) in [5, 5.41) is 3.84. The fraction of sp³-hybridized carbons (Fsp3) is 0.280. The van der Waals surface area contributed by atoms with Crippen LogP contribution in [0.25, 0.3) is 10.9 Å². The van der Waals surface area contributed by atoms with Crippen LogP contribution in [0.4, 0.5) is 4.79 Å². The largest absolute Gasteiger partial charge is 0.445 e. The van der Waals surface area contributed by atoms with Gasteiger partial charge in [0, 0.05) is 23.7 Å². The van der Waals surface area contributed by atoms with Crippen LogP contribution in [0.2, 0.25) is 0 Å². The molecule has 0 saturated heterocycles. The molecule has 5 heteroatoms. The summed E-state index contributed by atoms with van der Waals surface area (Å²) >= 11 is 0. The summed E-state index contributed by atoms with van der Waals surface area (Å²) in [5.41, 5.74) is 3.80. The Balaban J connectivity index is 1.40. The first-order chi connectivity index (χ1) is 14.7. The van der Waals surface area contributed by atoms with Crippen molar-refractivity contribution in [3.63, 3.8) is 0 Å². The Hall–Kier alpha value is -3.34. The van der Waals surface area contributed by atoms with Gasteiger partial charge < -0.3 is 10.1 Å². The standard InChI is InChI=1S/C25H26N2O3/c28-24(20-11-5-2-6-12-20)27-17-21(22-13-7-8-14-23(22)27)15-16-26-25(29)30-18-19-9-3-1-4-10-19/h1,3-4,7-11,13-14,17H,2,5-6,12,15-16,18H2,(H,26,29). The number of fused-ring (bicyclic) bond motifs is 1. The van der Waals surface area contributed by atoms with Gasteiger partial charge in [-0.3, -0.25) is 9.36 Å². The van der Waals surface area contributed by atoms with Crippen LogP contribution in [0.1, 0.15) is 41.6 Å². The molecule has 0 bridgehead atoms. The topological polar surface area (TPSA) is 60.3 Å². The summed E-state index contributed by atoms with van der Waals surface area (Å²) in [6, 6.07) is 17.5. The van der Waals surface area contributed by atoms with Crippen LogP contribution in [-0.4, -0.2) is 23.1 Å². The van der Waals surface area contributed by atoms with Crippen LogP contribution in [0, 0.1) is 0 Å². The molecular weight excluding hydrogens is 376 g/mol. The highest BCUT2D eigenvalue weighted by Gasteiger charge is 2.18. The highest BCUT2D eigenvalue weighted by atomic mass is 16.5. The lowest BCUT2D eigenvalue weighted by Crippen LogP contribution is -2.26. The van der Waals surface area contributed by atoms with Gasteiger partial charge in [-0.15, -0.1) is 0 Å². The Kier molecular flexibility index (Phi) is 6.28. The van der Waals surface area contributed by atoms with E-state index >= 15 is 0 Å². The number of nitrogens with one attached hydrogen (secondary N) is 1. The SMILES string of the molecule is O=C(NCCc1cn(C(=O)C2=CCCCC2)c2ccccc12)OCc1ccccc1. The smallest absolute Gasteiger partial charge is 0.407 e. The minimum Gasteiger partial charge on any atom is -0.445 e. The van der Waals surface area contributed by atoms with Gasteiger partial charge in [0.25, 0.3) is 5.91 Å². The average Bonchev–Trinajstić information content (AvgIpc) is 3.17. The molecule has 30 heavy (non-hydrogen) atoms. The van der Waals surface area contributed by atoms with Crippen molar-refractivity contribution in [2.24, 2.45) is 0 Å². The van der Waals surface area contributed by atoms with E-state index in [-0.39, 0.29) is 12.5 Å². The van der Waals surface area contributed by atoms with Gasteiger partial charge in [0.05, 0.1) is 5.52 Å². The zero-order valence-electron chi connectivity index (χ0n) is 17.0. The third kappa shape index (κ3) is 4.62. The monoisotopic (exact) mass is 402 g/mol. The van der Waals surface area contributed by atoms with Crippen LogP contribution in [-0.2, 0) is 17.8 Å². The molecule has 5 nitrogen and oxygen atoms in total. The summed E-state index contributed by atoms with van der Waals surface area (Å²) in [7, 11) is 0. The van der Waals surface area contributed by atoms with E-state index in [0.29, 0.717) is 13.0 Å². The molecular formula is C25H26N2O3. The molecule has 0 aliphatic heterocycles. The highest BCUT2D eigenvalue weighted by Crippen LogP contribution is 2.25. The van der Waals surface area contributed by atoms with Crippen molar-refractivity contribution in [3.8, 4) is 0 Å². The van der Waals surface area contributed by atoms with Crippen LogP contribution in [0.3, 0.4) is 0 Å². The van der Waals surface area contributed by atoms with E-state index in [0.717, 1.165) is 53.3 Å². The van der Waals surface area contributed by atoms with Crippen molar-refractivity contribution >= 4 is 22.9 Å². The number of carbonyl (C=O) groups excluding carboxylic acids is 2. The van der Waals surface area contributed by atoms with E-state index in [1.807, 2.05) is 60.8 Å². The number of amides is 1. The minimum atomic E-state index is -0.439. The molecule has 0 fully saturated rings. The molecule has 4 rings (SSSR count). The van der Waals surface area contributed by atoms with E-state index in [4.69, 9.17) is 4.74 Å². The molecule has 154 valence electrons. The molecule has 1 aliphatic rings. The molecule has 0 unspecified atom stereocenters. The summed E-state index contributed by atoms with van der Waals surface area (Å²) < 4.78 is 7.02. The van der Waals surface area contributed by atoms with E-state index in [1.54, 1.807) is 4.57 Å². The second-order valence-electron chi connectivity index (χ2n) is 7.56. The Morgan fingerprint density at radius 2 is 1.80 bits per heavy atom. The summed E-state index contributed by atoms with van der Waals surface area (Å²) in [6.45, 7) is 0.689. The maximum Gasteiger partial charge on any atom is 0.407 e. The van der Waals surface area contributed by atoms with Gasteiger partial charge in [-0.2, -0.15) is 0 Å². The first-order valence-electron chi connectivity index (χ1n) is 10.5. The van der Waals surface area contributed by atoms with Gasteiger partial charge in [0.15, 0.2) is 0 Å². The number of hydrogen-bond acceptors (Lipinski definition) is 3. The Morgan fingerprint density at radius 1 is 1.00 bits per heavy atom. The van der Waals surface area contributed by atoms with Crippen molar-refractivity contribution in [1.82, 2.24) is 9.88 Å². The quantitative estimate of drug-likeness (QED) is 0.612. The van der Waals surface area contributed by atoms with Crippen LogP contribution in [0.15, 0.2) is 72.4 Å². The summed E-state index contributed by atoms with van der Waals surface area (Å²) in [5.74, 6) is 0.0624. The van der Waals surface area contributed by atoms with Crippen LogP contribution < -0.4 is 5.32 Å². The molecule has 0 radical (unpaired) electrons. The number of hydrogen-bond donors (Lipinski definition) is 1. The van der Waals surface area contributed by atoms with E-state index < -0.39 is 6.09 Å². The van der Waals surface area contributed by atoms with E-state index in [9.17, 15) is 9.59 Å². The lowest BCUT2D eigenvalue weighted by Gasteiger charge is -2.12. The van der Waals surface area contributed by atoms with Crippen LogP contribution >= 0.6 is 0 Å². The average molecular weight is 402 g/mol. The first-order valence-corrected chi connectivity index (χ1v) is 10.5. The summed E-state index contributed by atoms with van der Waals surface area (Å²) in [6.07, 6.45) is 8.21. The number of carbonyl (C=O) groups is 2. The molecule has 1 aliphatic carbocycles. The normalized spacial score (nSPS) is 13.7. The number of rotatable bonds is 6. The van der Waals surface area contributed by atoms with Gasteiger partial charge in [0.2, 0.25) is 0 Å². The highest BCUT2D eigenvalue weighted by molar-refractivity contribution is 6.02. The maximum absolute atomic E-state index is 13.0. The van der Waals surface area contributed by atoms with Gasteiger partial charge in [-0.05, 0) is 49.3 Å². The fourth-order valence-electron chi connectivity index (χ4n) is 3.88. The van der Waals surface area contributed by atoms with Crippen molar-refractivity contribution in [3.05, 3.63) is 83.6 Å². The fourth-order valence-corrected chi connectivity index (χ4v) is 3.88. The van der Waals surface area contributed by atoms with Gasteiger partial charge in [-0.1, -0.05) is 54.6 Å². The third-order valence-corrected chi connectivity index (χ3v) is 5.46. The number of aromatic nitrogens is 1. The lowest BCUT2D eigenvalue weighted by atomic mass is 9.99. The molecule has 1 amide bonds. The van der Waals surface area contributed by atoms with Crippen LogP contribution in [0.5, 0.6) is 0 Å². The number of alkyl carbamates (subject to hydrolysis) is 1. The van der Waals surface area contributed by atoms with Crippen molar-refractivity contribution in [2.75, 3.05) is 6.54 Å². The van der Waals surface area contributed by atoms with Crippen molar-refractivity contribution < 1.29 is 14.3 Å². The molecule has 1 N–H and O–H groups in total. The molecule has 1 heterocycles. The number of ether oxygens (including phenoxy) is 1. The molecule has 3 aromatic rings. The predicted octanol–water partition coefficient (Wildman–Crippen LogP) is 5.25. The Bertz CT molecular complexity index is 1070. The Morgan fingerprint density at radius 3 is 2.60 bits per heavy atom. The molecule has 0 saturated carbocycles. The zero-order chi connectivity index (χ0) is 20.8. The molecule has 0 atom stereocenters. The third-order valence-electron chi connectivity index (χ3n) is 5.46. The van der Waals surface area contributed by atoms with Crippen molar-refractivity contribution in [1.29, 1.82) is 0 Å². The predicted molar refractivity (Wildman–Crippen MR) is 117 cm³/mol. The minimum absolute atomic E-state index is 0.0624. The number of nitrogens with zero attached hydrogens (tertiary/aromatic N) is 1. The second-order valence-corrected chi connectivity index (χ2v) is 7.56. The molecule has 2 aromatic carbocycles. The number of para-hydroxylation sites is 1. The van der Waals surface area contributed by atoms with Gasteiger partial charge in [0.1, 0.15) is 6.61 Å². The Labute approximate surface area is 176 Å². The van der Waals surface area contributed by atoms with E-state index in [2.05, 4.69) is 11.4 Å². The zero-order valence-corrected chi connectivity index (χ0v) is 17.0. The van der Waals surface area contributed by atoms with Crippen molar-refractivity contribution in [2.45, 2.75) is 38.7 Å². The second kappa shape index (κ2) is 9.44. The first kappa shape index (κ1) is 20.0. The molecule has 0 spiro atoms. The number of benzene rings is 2. The van der Waals surface area contributed by atoms with Gasteiger partial charge >= 0.3 is 6.09 Å². The van der Waals surface area contributed by atoms with E-state index in [1.165, 1.54) is 0 Å². The molecule has 1 aromatic heterocycles. The lowest BCUT2D eigenvalue weighted by molar-refractivity contribution is 0.0953. The maximum atomic E-state index is 13.0. The number of allylic oxidation sites excluding steroid dienone is 2.